The van der Waals surface area contributed by atoms with Gasteiger partial charge in [0.05, 0.1) is 18.9 Å². The first-order valence-electron chi connectivity index (χ1n) is 9.04. The van der Waals surface area contributed by atoms with Crippen molar-refractivity contribution in [2.24, 2.45) is 0 Å². The van der Waals surface area contributed by atoms with Crippen LogP contribution in [0, 0.1) is 0 Å². The highest BCUT2D eigenvalue weighted by atomic mass is 16.5. The van der Waals surface area contributed by atoms with Crippen molar-refractivity contribution in [1.82, 2.24) is 0 Å². The number of nitrogens with zero attached hydrogens (tertiary/aromatic N) is 1. The second kappa shape index (κ2) is 6.05. The zero-order valence-electron chi connectivity index (χ0n) is 15.7. The van der Waals surface area contributed by atoms with Crippen molar-refractivity contribution in [3.63, 3.8) is 0 Å². The molecule has 1 spiro atoms. The summed E-state index contributed by atoms with van der Waals surface area (Å²) in [5.74, 6) is 0.714. The van der Waals surface area contributed by atoms with Crippen LogP contribution >= 0.6 is 0 Å². The summed E-state index contributed by atoms with van der Waals surface area (Å²) in [4.78, 5) is 13.4. The van der Waals surface area contributed by atoms with Gasteiger partial charge in [0, 0.05) is 17.8 Å². The number of methoxy groups -OCH3 is 1. The number of carboxylic acid groups (broad SMARTS) is 1. The SMILES string of the molecule is COc1ccc2c(c1)C=CC1(O2)N(CCC(=O)O)c2ccccc2C1(C)C. The quantitative estimate of drug-likeness (QED) is 0.885. The molecule has 2 heterocycles. The molecule has 0 radical (unpaired) electrons. The molecule has 0 amide bonds. The van der Waals surface area contributed by atoms with E-state index in [1.54, 1.807) is 7.11 Å². The van der Waals surface area contributed by atoms with E-state index in [4.69, 9.17) is 9.47 Å². The number of ether oxygens (including phenoxy) is 2. The van der Waals surface area contributed by atoms with Crippen molar-refractivity contribution >= 4 is 17.7 Å². The Labute approximate surface area is 158 Å². The molecule has 0 fully saturated rings. The molecule has 5 nitrogen and oxygen atoms in total. The number of rotatable bonds is 4. The maximum atomic E-state index is 11.3. The molecule has 2 aromatic carbocycles. The largest absolute Gasteiger partial charge is 0.497 e. The van der Waals surface area contributed by atoms with Gasteiger partial charge in [0.15, 0.2) is 0 Å². The number of fused-ring (bicyclic) bond motifs is 2. The number of benzene rings is 2. The van der Waals surface area contributed by atoms with Gasteiger partial charge >= 0.3 is 5.97 Å². The molecule has 2 aliphatic heterocycles. The molecule has 0 bridgehead atoms. The van der Waals surface area contributed by atoms with Crippen LogP contribution < -0.4 is 14.4 Å². The Bertz CT molecular complexity index is 934. The Balaban J connectivity index is 1.83. The highest BCUT2D eigenvalue weighted by Gasteiger charge is 2.58. The molecule has 2 aromatic rings. The Morgan fingerprint density at radius 1 is 1.22 bits per heavy atom. The number of carbonyl (C=O) groups is 1. The zero-order valence-corrected chi connectivity index (χ0v) is 15.7. The maximum Gasteiger partial charge on any atom is 0.305 e. The molecule has 0 saturated carbocycles. The monoisotopic (exact) mass is 365 g/mol. The molecular formula is C22H23NO4. The van der Waals surface area contributed by atoms with Gasteiger partial charge < -0.3 is 19.5 Å². The van der Waals surface area contributed by atoms with E-state index in [9.17, 15) is 9.90 Å². The summed E-state index contributed by atoms with van der Waals surface area (Å²) in [5.41, 5.74) is 1.97. The first kappa shape index (κ1) is 17.5. The van der Waals surface area contributed by atoms with Crippen molar-refractivity contribution in [2.75, 3.05) is 18.6 Å². The number of aliphatic carboxylic acids is 1. The maximum absolute atomic E-state index is 11.3. The summed E-state index contributed by atoms with van der Waals surface area (Å²) in [6, 6.07) is 13.9. The van der Waals surface area contributed by atoms with E-state index in [0.29, 0.717) is 6.54 Å². The molecule has 0 aromatic heterocycles. The predicted molar refractivity (Wildman–Crippen MR) is 104 cm³/mol. The number of hydrogen-bond acceptors (Lipinski definition) is 4. The summed E-state index contributed by atoms with van der Waals surface area (Å²) in [6.07, 6.45) is 4.14. The van der Waals surface area contributed by atoms with Gasteiger partial charge in [0.2, 0.25) is 5.72 Å². The van der Waals surface area contributed by atoms with E-state index in [1.165, 1.54) is 0 Å². The number of hydrogen-bond donors (Lipinski definition) is 1. The summed E-state index contributed by atoms with van der Waals surface area (Å²) in [7, 11) is 1.64. The van der Waals surface area contributed by atoms with E-state index in [1.807, 2.05) is 42.5 Å². The lowest BCUT2D eigenvalue weighted by Gasteiger charge is -2.47. The summed E-state index contributed by atoms with van der Waals surface area (Å²) in [5, 5.41) is 9.25. The Hall–Kier alpha value is -2.95. The third kappa shape index (κ3) is 2.49. The lowest BCUT2D eigenvalue weighted by molar-refractivity contribution is -0.136. The van der Waals surface area contributed by atoms with E-state index in [0.717, 1.165) is 28.3 Å². The minimum Gasteiger partial charge on any atom is -0.497 e. The highest BCUT2D eigenvalue weighted by Crippen LogP contribution is 2.55. The predicted octanol–water partition coefficient (Wildman–Crippen LogP) is 4.07. The van der Waals surface area contributed by atoms with Crippen molar-refractivity contribution in [2.45, 2.75) is 31.4 Å². The Morgan fingerprint density at radius 3 is 2.74 bits per heavy atom. The minimum absolute atomic E-state index is 0.0405. The summed E-state index contributed by atoms with van der Waals surface area (Å²) in [6.45, 7) is 4.66. The molecule has 2 aliphatic rings. The van der Waals surface area contributed by atoms with Crippen LogP contribution in [0.15, 0.2) is 48.5 Å². The lowest BCUT2D eigenvalue weighted by atomic mass is 9.76. The van der Waals surface area contributed by atoms with Crippen molar-refractivity contribution < 1.29 is 19.4 Å². The molecule has 1 atom stereocenters. The molecule has 5 heteroatoms. The zero-order chi connectivity index (χ0) is 19.2. The molecular weight excluding hydrogens is 342 g/mol. The number of carboxylic acids is 1. The third-order valence-electron chi connectivity index (χ3n) is 5.69. The van der Waals surface area contributed by atoms with E-state index >= 15 is 0 Å². The third-order valence-corrected chi connectivity index (χ3v) is 5.69. The molecule has 140 valence electrons. The van der Waals surface area contributed by atoms with Crippen LogP contribution in [-0.2, 0) is 10.2 Å². The highest BCUT2D eigenvalue weighted by molar-refractivity contribution is 5.74. The molecule has 0 aliphatic carbocycles. The average Bonchev–Trinajstić information content (AvgIpc) is 2.84. The van der Waals surface area contributed by atoms with Crippen LogP contribution in [0.5, 0.6) is 11.5 Å². The standard InChI is InChI=1S/C22H23NO4/c1-21(2)17-6-4-5-7-18(17)23(13-11-20(24)25)22(21)12-10-15-14-16(26-3)8-9-19(15)27-22/h4-10,12,14H,11,13H2,1-3H3,(H,24,25). The molecule has 4 rings (SSSR count). The lowest BCUT2D eigenvalue weighted by Crippen LogP contribution is -2.59. The molecule has 1 N–H and O–H groups in total. The number of anilines is 1. The topological polar surface area (TPSA) is 59.0 Å². The van der Waals surface area contributed by atoms with Crippen molar-refractivity contribution in [3.8, 4) is 11.5 Å². The van der Waals surface area contributed by atoms with E-state index < -0.39 is 11.7 Å². The fourth-order valence-corrected chi connectivity index (χ4v) is 4.20. The normalized spacial score (nSPS) is 21.5. The average molecular weight is 365 g/mol. The smallest absolute Gasteiger partial charge is 0.305 e. The van der Waals surface area contributed by atoms with Gasteiger partial charge in [-0.3, -0.25) is 4.79 Å². The van der Waals surface area contributed by atoms with Gasteiger partial charge in [0.1, 0.15) is 11.5 Å². The Kier molecular flexibility index (Phi) is 3.91. The van der Waals surface area contributed by atoms with Gasteiger partial charge in [-0.25, -0.2) is 0 Å². The summed E-state index contributed by atoms with van der Waals surface area (Å²) < 4.78 is 11.9. The van der Waals surface area contributed by atoms with E-state index in [2.05, 4.69) is 30.9 Å². The minimum atomic E-state index is -0.822. The van der Waals surface area contributed by atoms with Gasteiger partial charge in [-0.2, -0.15) is 0 Å². The Morgan fingerprint density at radius 2 is 2.00 bits per heavy atom. The molecule has 27 heavy (non-hydrogen) atoms. The van der Waals surface area contributed by atoms with Crippen LogP contribution in [0.1, 0.15) is 31.4 Å². The van der Waals surface area contributed by atoms with Crippen LogP contribution in [-0.4, -0.2) is 30.5 Å². The van der Waals surface area contributed by atoms with Gasteiger partial charge in [-0.15, -0.1) is 0 Å². The second-order valence-electron chi connectivity index (χ2n) is 7.47. The van der Waals surface area contributed by atoms with Crippen LogP contribution in [0.2, 0.25) is 0 Å². The van der Waals surface area contributed by atoms with Gasteiger partial charge in [0.25, 0.3) is 0 Å². The second-order valence-corrected chi connectivity index (χ2v) is 7.47. The fourth-order valence-electron chi connectivity index (χ4n) is 4.20. The van der Waals surface area contributed by atoms with E-state index in [-0.39, 0.29) is 11.8 Å². The molecule has 1 unspecified atom stereocenters. The van der Waals surface area contributed by atoms with Gasteiger partial charge in [-0.1, -0.05) is 18.2 Å². The van der Waals surface area contributed by atoms with Crippen molar-refractivity contribution in [1.29, 1.82) is 0 Å². The first-order chi connectivity index (χ1) is 12.9. The van der Waals surface area contributed by atoms with Crippen LogP contribution in [0.4, 0.5) is 5.69 Å². The fraction of sp³-hybridized carbons (Fsp3) is 0.318. The number of para-hydroxylation sites is 1. The summed E-state index contributed by atoms with van der Waals surface area (Å²) >= 11 is 0. The van der Waals surface area contributed by atoms with Crippen LogP contribution in [0.25, 0.3) is 6.08 Å². The van der Waals surface area contributed by atoms with Crippen LogP contribution in [0.3, 0.4) is 0 Å². The van der Waals surface area contributed by atoms with Gasteiger partial charge in [-0.05, 0) is 55.8 Å². The molecule has 0 saturated heterocycles. The first-order valence-corrected chi connectivity index (χ1v) is 9.04. The van der Waals surface area contributed by atoms with Crippen molar-refractivity contribution in [3.05, 3.63) is 59.7 Å².